The van der Waals surface area contributed by atoms with Crippen LogP contribution < -0.4 is 4.74 Å². The predicted molar refractivity (Wildman–Crippen MR) is 95.2 cm³/mol. The van der Waals surface area contributed by atoms with Crippen LogP contribution >= 0.6 is 0 Å². The third-order valence-corrected chi connectivity index (χ3v) is 3.97. The molecular weight excluding hydrogens is 350 g/mol. The van der Waals surface area contributed by atoms with E-state index < -0.39 is 24.6 Å². The number of hydrogen-bond acceptors (Lipinski definition) is 6. The summed E-state index contributed by atoms with van der Waals surface area (Å²) in [5.74, 6) is -0.728. The molecule has 0 N–H and O–H groups in total. The Morgan fingerprint density at radius 3 is 2.48 bits per heavy atom. The predicted octanol–water partition coefficient (Wildman–Crippen LogP) is 2.18. The lowest BCUT2D eigenvalue weighted by Gasteiger charge is -2.13. The number of amides is 2. The quantitative estimate of drug-likeness (QED) is 0.696. The molecule has 0 spiro atoms. The lowest BCUT2D eigenvalue weighted by atomic mass is 10.0. The van der Waals surface area contributed by atoms with Crippen molar-refractivity contribution < 1.29 is 28.6 Å². The van der Waals surface area contributed by atoms with Crippen LogP contribution in [-0.4, -0.2) is 49.2 Å². The molecule has 0 bridgehead atoms. The van der Waals surface area contributed by atoms with Crippen molar-refractivity contribution in [3.05, 3.63) is 65.7 Å². The molecule has 7 nitrogen and oxygen atoms in total. The zero-order valence-corrected chi connectivity index (χ0v) is 14.6. The van der Waals surface area contributed by atoms with E-state index >= 15 is 0 Å². The number of benzene rings is 2. The van der Waals surface area contributed by atoms with Gasteiger partial charge in [0.15, 0.2) is 13.2 Å². The Labute approximate surface area is 156 Å². The van der Waals surface area contributed by atoms with Gasteiger partial charge in [-0.3, -0.25) is 4.79 Å². The van der Waals surface area contributed by atoms with Crippen molar-refractivity contribution >= 4 is 18.0 Å². The van der Waals surface area contributed by atoms with Gasteiger partial charge >= 0.3 is 12.1 Å². The van der Waals surface area contributed by atoms with Crippen molar-refractivity contribution in [1.29, 1.82) is 0 Å². The maximum atomic E-state index is 11.9. The molecule has 0 aliphatic carbocycles. The number of nitrogens with zero attached hydrogens (tertiary/aromatic N) is 1. The second kappa shape index (κ2) is 8.84. The van der Waals surface area contributed by atoms with Crippen LogP contribution in [0.25, 0.3) is 0 Å². The largest absolute Gasteiger partial charge is 0.482 e. The third-order valence-electron chi connectivity index (χ3n) is 3.97. The Hall–Kier alpha value is -3.35. The van der Waals surface area contributed by atoms with Crippen LogP contribution in [0.4, 0.5) is 4.79 Å². The van der Waals surface area contributed by atoms with Crippen LogP contribution in [-0.2, 0) is 25.5 Å². The Balaban J connectivity index is 1.50. The fraction of sp³-hybridized carbons (Fsp3) is 0.250. The lowest BCUT2D eigenvalue weighted by Crippen LogP contribution is -2.35. The average Bonchev–Trinajstić information content (AvgIpc) is 3.12. The zero-order valence-electron chi connectivity index (χ0n) is 14.6. The van der Waals surface area contributed by atoms with Crippen LogP contribution in [0.1, 0.15) is 11.1 Å². The number of carbonyl (C=O) groups excluding carboxylic acids is 3. The van der Waals surface area contributed by atoms with E-state index in [-0.39, 0.29) is 19.8 Å². The molecule has 2 aromatic carbocycles. The molecule has 7 heteroatoms. The summed E-state index contributed by atoms with van der Waals surface area (Å²) in [6, 6.07) is 17.3. The monoisotopic (exact) mass is 369 g/mol. The van der Waals surface area contributed by atoms with Crippen molar-refractivity contribution in [2.75, 3.05) is 26.4 Å². The maximum absolute atomic E-state index is 11.9. The smallest absolute Gasteiger partial charge is 0.416 e. The van der Waals surface area contributed by atoms with Crippen molar-refractivity contribution in [3.8, 4) is 5.75 Å². The highest BCUT2D eigenvalue weighted by Crippen LogP contribution is 2.21. The number of hydrogen-bond donors (Lipinski definition) is 0. The van der Waals surface area contributed by atoms with Gasteiger partial charge in [-0.1, -0.05) is 48.5 Å². The second-order valence-corrected chi connectivity index (χ2v) is 5.88. The van der Waals surface area contributed by atoms with Crippen LogP contribution in [0.3, 0.4) is 0 Å². The Morgan fingerprint density at radius 2 is 1.74 bits per heavy atom. The Kier molecular flexibility index (Phi) is 6.04. The molecule has 1 heterocycles. The first-order valence-electron chi connectivity index (χ1n) is 8.51. The van der Waals surface area contributed by atoms with E-state index in [1.54, 1.807) is 6.07 Å². The Bertz CT molecular complexity index is 820. The first-order valence-corrected chi connectivity index (χ1v) is 8.51. The minimum absolute atomic E-state index is 0.153. The SMILES string of the molecule is O=C(COc1ccccc1Cc1ccccc1)OCC(=O)N1CCOC1=O. The highest BCUT2D eigenvalue weighted by molar-refractivity contribution is 5.94. The molecule has 0 saturated carbocycles. The molecule has 27 heavy (non-hydrogen) atoms. The lowest BCUT2D eigenvalue weighted by molar-refractivity contribution is -0.152. The molecule has 2 aromatic rings. The molecule has 3 rings (SSSR count). The average molecular weight is 369 g/mol. The van der Waals surface area contributed by atoms with Crippen LogP contribution in [0, 0.1) is 0 Å². The molecule has 0 aromatic heterocycles. The summed E-state index contributed by atoms with van der Waals surface area (Å²) in [7, 11) is 0. The highest BCUT2D eigenvalue weighted by atomic mass is 16.6. The van der Waals surface area contributed by atoms with Gasteiger partial charge in [-0.2, -0.15) is 0 Å². The van der Waals surface area contributed by atoms with Crippen molar-refractivity contribution in [2.24, 2.45) is 0 Å². The van der Waals surface area contributed by atoms with Gasteiger partial charge in [-0.15, -0.1) is 0 Å². The zero-order chi connectivity index (χ0) is 19.1. The number of para-hydroxylation sites is 1. The molecule has 1 aliphatic rings. The molecule has 0 atom stereocenters. The minimum atomic E-state index is -0.720. The molecule has 1 saturated heterocycles. The van der Waals surface area contributed by atoms with Crippen molar-refractivity contribution in [1.82, 2.24) is 4.90 Å². The van der Waals surface area contributed by atoms with E-state index in [1.807, 2.05) is 48.5 Å². The van der Waals surface area contributed by atoms with Crippen LogP contribution in [0.15, 0.2) is 54.6 Å². The van der Waals surface area contributed by atoms with Gasteiger partial charge in [0.2, 0.25) is 0 Å². The summed E-state index contributed by atoms with van der Waals surface area (Å²) >= 11 is 0. The maximum Gasteiger partial charge on any atom is 0.416 e. The number of cyclic esters (lactones) is 1. The number of imide groups is 1. The summed E-state index contributed by atoms with van der Waals surface area (Å²) < 4.78 is 15.1. The fourth-order valence-corrected chi connectivity index (χ4v) is 2.62. The summed E-state index contributed by atoms with van der Waals surface area (Å²) in [5, 5.41) is 0. The van der Waals surface area contributed by atoms with E-state index in [0.29, 0.717) is 12.2 Å². The van der Waals surface area contributed by atoms with E-state index in [1.165, 1.54) is 0 Å². The molecule has 140 valence electrons. The molecule has 2 amide bonds. The van der Waals surface area contributed by atoms with E-state index in [9.17, 15) is 14.4 Å². The first kappa shape index (κ1) is 18.4. The van der Waals surface area contributed by atoms with Crippen molar-refractivity contribution in [3.63, 3.8) is 0 Å². The minimum Gasteiger partial charge on any atom is -0.482 e. The number of carbonyl (C=O) groups is 3. The number of rotatable bonds is 7. The van der Waals surface area contributed by atoms with Gasteiger partial charge in [0.25, 0.3) is 5.91 Å². The van der Waals surface area contributed by atoms with Gasteiger partial charge in [0.05, 0.1) is 6.54 Å². The topological polar surface area (TPSA) is 82.1 Å². The molecule has 1 fully saturated rings. The Morgan fingerprint density at radius 1 is 1.00 bits per heavy atom. The van der Waals surface area contributed by atoms with Gasteiger partial charge < -0.3 is 14.2 Å². The second-order valence-electron chi connectivity index (χ2n) is 5.88. The molecule has 0 radical (unpaired) electrons. The molecule has 1 aliphatic heterocycles. The third kappa shape index (κ3) is 5.07. The summed E-state index contributed by atoms with van der Waals surface area (Å²) in [5.41, 5.74) is 2.06. The molecular formula is C20H19NO6. The van der Waals surface area contributed by atoms with E-state index in [4.69, 9.17) is 9.47 Å². The van der Waals surface area contributed by atoms with E-state index in [0.717, 1.165) is 16.0 Å². The van der Waals surface area contributed by atoms with Gasteiger partial charge in [-0.25, -0.2) is 14.5 Å². The summed E-state index contributed by atoms with van der Waals surface area (Å²) in [4.78, 5) is 35.8. The number of esters is 1. The standard InChI is InChI=1S/C20H19NO6/c22-18(21-10-11-25-20(21)24)13-27-19(23)14-26-17-9-5-4-8-16(17)12-15-6-2-1-3-7-15/h1-9H,10-14H2. The van der Waals surface area contributed by atoms with Gasteiger partial charge in [0.1, 0.15) is 12.4 Å². The van der Waals surface area contributed by atoms with Crippen LogP contribution in [0.5, 0.6) is 5.75 Å². The highest BCUT2D eigenvalue weighted by Gasteiger charge is 2.28. The summed E-state index contributed by atoms with van der Waals surface area (Å²) in [6.45, 7) is -0.537. The number of ether oxygens (including phenoxy) is 3. The van der Waals surface area contributed by atoms with Crippen molar-refractivity contribution in [2.45, 2.75) is 6.42 Å². The summed E-state index contributed by atoms with van der Waals surface area (Å²) in [6.07, 6.45) is -0.0520. The van der Waals surface area contributed by atoms with Crippen LogP contribution in [0.2, 0.25) is 0 Å². The van der Waals surface area contributed by atoms with Gasteiger partial charge in [0, 0.05) is 6.42 Å². The fourth-order valence-electron chi connectivity index (χ4n) is 2.62. The van der Waals surface area contributed by atoms with Gasteiger partial charge in [-0.05, 0) is 17.2 Å². The normalized spacial score (nSPS) is 13.2. The first-order chi connectivity index (χ1) is 13.1. The molecule has 0 unspecified atom stereocenters. The van der Waals surface area contributed by atoms with E-state index in [2.05, 4.69) is 4.74 Å².